The summed E-state index contributed by atoms with van der Waals surface area (Å²) in [5.41, 5.74) is 7.98. The van der Waals surface area contributed by atoms with E-state index in [1.807, 2.05) is 30.3 Å². The average molecular weight is 272 g/mol. The predicted molar refractivity (Wildman–Crippen MR) is 74.0 cm³/mol. The number of nitrogen functional groups attached to an aromatic ring is 1. The Morgan fingerprint density at radius 3 is 2.47 bits per heavy atom. The number of benzene rings is 2. The molecule has 0 aliphatic heterocycles. The molecule has 0 amide bonds. The van der Waals surface area contributed by atoms with Crippen molar-refractivity contribution < 1.29 is 0 Å². The van der Waals surface area contributed by atoms with Crippen LogP contribution in [0.5, 0.6) is 0 Å². The third kappa shape index (κ3) is 2.15. The number of halogens is 1. The normalized spacial score (nSPS) is 10.6. The van der Waals surface area contributed by atoms with E-state index >= 15 is 0 Å². The SMILES string of the molecule is Nc1ccc(-c2nnnn2-c2ccccc2Cl)cc1. The predicted octanol–water partition coefficient (Wildman–Crippen LogP) is 2.56. The van der Waals surface area contributed by atoms with Crippen molar-refractivity contribution in [1.29, 1.82) is 0 Å². The molecular weight excluding hydrogens is 262 g/mol. The maximum Gasteiger partial charge on any atom is 0.187 e. The number of anilines is 1. The molecule has 0 fully saturated rings. The molecule has 19 heavy (non-hydrogen) atoms. The Kier molecular flexibility index (Phi) is 2.89. The molecule has 0 unspecified atom stereocenters. The Morgan fingerprint density at radius 1 is 1.00 bits per heavy atom. The van der Waals surface area contributed by atoms with Crippen molar-refractivity contribution in [3.8, 4) is 17.1 Å². The number of aromatic nitrogens is 4. The third-order valence-electron chi connectivity index (χ3n) is 2.72. The van der Waals surface area contributed by atoms with Crippen LogP contribution in [-0.4, -0.2) is 20.2 Å². The second-order valence-corrected chi connectivity index (χ2v) is 4.39. The highest BCUT2D eigenvalue weighted by molar-refractivity contribution is 6.32. The van der Waals surface area contributed by atoms with Crippen molar-refractivity contribution in [2.45, 2.75) is 0 Å². The van der Waals surface area contributed by atoms with Gasteiger partial charge in [-0.05, 0) is 46.8 Å². The van der Waals surface area contributed by atoms with Gasteiger partial charge in [0.1, 0.15) is 0 Å². The number of rotatable bonds is 2. The van der Waals surface area contributed by atoms with Crippen LogP contribution in [0, 0.1) is 0 Å². The molecule has 2 aromatic carbocycles. The first-order valence-electron chi connectivity index (χ1n) is 5.65. The van der Waals surface area contributed by atoms with Crippen LogP contribution in [0.1, 0.15) is 0 Å². The van der Waals surface area contributed by atoms with Gasteiger partial charge in [-0.15, -0.1) is 5.10 Å². The second kappa shape index (κ2) is 4.70. The van der Waals surface area contributed by atoms with E-state index in [1.165, 1.54) is 0 Å². The molecule has 0 atom stereocenters. The molecule has 0 bridgehead atoms. The van der Waals surface area contributed by atoms with E-state index in [0.717, 1.165) is 11.3 Å². The minimum absolute atomic E-state index is 0.589. The average Bonchev–Trinajstić information content (AvgIpc) is 2.89. The van der Waals surface area contributed by atoms with Gasteiger partial charge < -0.3 is 5.73 Å². The van der Waals surface area contributed by atoms with Crippen LogP contribution in [0.15, 0.2) is 48.5 Å². The van der Waals surface area contributed by atoms with E-state index in [1.54, 1.807) is 22.9 Å². The molecular formula is C13H10ClN5. The van der Waals surface area contributed by atoms with Gasteiger partial charge in [0.2, 0.25) is 0 Å². The number of hydrogen-bond donors (Lipinski definition) is 1. The zero-order valence-electron chi connectivity index (χ0n) is 9.86. The molecule has 0 aliphatic rings. The highest BCUT2D eigenvalue weighted by Gasteiger charge is 2.12. The quantitative estimate of drug-likeness (QED) is 0.727. The van der Waals surface area contributed by atoms with Crippen LogP contribution in [-0.2, 0) is 0 Å². The van der Waals surface area contributed by atoms with Gasteiger partial charge in [-0.1, -0.05) is 23.7 Å². The van der Waals surface area contributed by atoms with Gasteiger partial charge in [0, 0.05) is 11.3 Å². The number of nitrogens with two attached hydrogens (primary N) is 1. The van der Waals surface area contributed by atoms with Gasteiger partial charge in [0.25, 0.3) is 0 Å². The molecule has 0 aliphatic carbocycles. The minimum Gasteiger partial charge on any atom is -0.399 e. The Labute approximate surface area is 114 Å². The third-order valence-corrected chi connectivity index (χ3v) is 3.04. The van der Waals surface area contributed by atoms with Gasteiger partial charge in [-0.3, -0.25) is 0 Å². The van der Waals surface area contributed by atoms with E-state index in [0.29, 0.717) is 16.5 Å². The maximum atomic E-state index is 6.16. The molecule has 3 rings (SSSR count). The van der Waals surface area contributed by atoms with Gasteiger partial charge in [-0.25, -0.2) is 0 Å². The summed E-state index contributed by atoms with van der Waals surface area (Å²) >= 11 is 6.16. The van der Waals surface area contributed by atoms with Crippen LogP contribution in [0.3, 0.4) is 0 Å². The zero-order chi connectivity index (χ0) is 13.2. The number of hydrogen-bond acceptors (Lipinski definition) is 4. The van der Waals surface area contributed by atoms with E-state index < -0.39 is 0 Å². The minimum atomic E-state index is 0.589. The summed E-state index contributed by atoms with van der Waals surface area (Å²) in [5.74, 6) is 0.619. The summed E-state index contributed by atoms with van der Waals surface area (Å²) in [6.45, 7) is 0. The highest BCUT2D eigenvalue weighted by atomic mass is 35.5. The lowest BCUT2D eigenvalue weighted by atomic mass is 10.2. The molecule has 0 saturated heterocycles. The molecule has 1 aromatic heterocycles. The molecule has 0 saturated carbocycles. The van der Waals surface area contributed by atoms with Crippen molar-refractivity contribution in [3.63, 3.8) is 0 Å². The lowest BCUT2D eigenvalue weighted by molar-refractivity contribution is 0.791. The van der Waals surface area contributed by atoms with Crippen molar-refractivity contribution in [2.75, 3.05) is 5.73 Å². The van der Waals surface area contributed by atoms with Crippen molar-refractivity contribution in [3.05, 3.63) is 53.6 Å². The summed E-state index contributed by atoms with van der Waals surface area (Å²) in [4.78, 5) is 0. The highest BCUT2D eigenvalue weighted by Crippen LogP contribution is 2.24. The summed E-state index contributed by atoms with van der Waals surface area (Å²) in [6.07, 6.45) is 0. The van der Waals surface area contributed by atoms with Crippen LogP contribution in [0.2, 0.25) is 5.02 Å². The lowest BCUT2D eigenvalue weighted by Gasteiger charge is -2.06. The van der Waals surface area contributed by atoms with Crippen LogP contribution in [0.25, 0.3) is 17.1 Å². The Balaban J connectivity index is 2.13. The molecule has 2 N–H and O–H groups in total. The fourth-order valence-corrected chi connectivity index (χ4v) is 2.00. The molecule has 3 aromatic rings. The van der Waals surface area contributed by atoms with E-state index in [2.05, 4.69) is 15.5 Å². The van der Waals surface area contributed by atoms with E-state index in [9.17, 15) is 0 Å². The Bertz CT molecular complexity index is 705. The summed E-state index contributed by atoms with van der Waals surface area (Å²) in [7, 11) is 0. The van der Waals surface area contributed by atoms with Crippen LogP contribution < -0.4 is 5.73 Å². The van der Waals surface area contributed by atoms with Crippen molar-refractivity contribution >= 4 is 17.3 Å². The molecule has 1 heterocycles. The monoisotopic (exact) mass is 271 g/mol. The van der Waals surface area contributed by atoms with Gasteiger partial charge >= 0.3 is 0 Å². The zero-order valence-corrected chi connectivity index (χ0v) is 10.6. The second-order valence-electron chi connectivity index (χ2n) is 3.99. The topological polar surface area (TPSA) is 69.6 Å². The fourth-order valence-electron chi connectivity index (χ4n) is 1.79. The summed E-state index contributed by atoms with van der Waals surface area (Å²) < 4.78 is 1.61. The molecule has 0 radical (unpaired) electrons. The lowest BCUT2D eigenvalue weighted by Crippen LogP contribution is -2.00. The van der Waals surface area contributed by atoms with Crippen LogP contribution >= 0.6 is 11.6 Å². The number of tetrazole rings is 1. The first kappa shape index (κ1) is 11.7. The Morgan fingerprint density at radius 2 is 1.74 bits per heavy atom. The molecule has 5 nitrogen and oxygen atoms in total. The molecule has 94 valence electrons. The van der Waals surface area contributed by atoms with E-state index in [4.69, 9.17) is 17.3 Å². The molecule has 6 heteroatoms. The Hall–Kier alpha value is -2.40. The number of nitrogens with zero attached hydrogens (tertiary/aromatic N) is 4. The largest absolute Gasteiger partial charge is 0.399 e. The fraction of sp³-hybridized carbons (Fsp3) is 0. The summed E-state index contributed by atoms with van der Waals surface area (Å²) in [6, 6.07) is 14.8. The first-order valence-corrected chi connectivity index (χ1v) is 6.03. The standard InChI is InChI=1S/C13H10ClN5/c14-11-3-1-2-4-12(11)19-13(16-17-18-19)9-5-7-10(15)8-6-9/h1-8H,15H2. The van der Waals surface area contributed by atoms with Crippen molar-refractivity contribution in [2.24, 2.45) is 0 Å². The van der Waals surface area contributed by atoms with E-state index in [-0.39, 0.29) is 0 Å². The first-order chi connectivity index (χ1) is 9.25. The van der Waals surface area contributed by atoms with Crippen molar-refractivity contribution in [1.82, 2.24) is 20.2 Å². The van der Waals surface area contributed by atoms with Gasteiger partial charge in [0.05, 0.1) is 10.7 Å². The molecule has 0 spiro atoms. The summed E-state index contributed by atoms with van der Waals surface area (Å²) in [5, 5.41) is 12.3. The number of para-hydroxylation sites is 1. The van der Waals surface area contributed by atoms with Gasteiger partial charge in [0.15, 0.2) is 5.82 Å². The maximum absolute atomic E-state index is 6.16. The smallest absolute Gasteiger partial charge is 0.187 e. The van der Waals surface area contributed by atoms with Crippen LogP contribution in [0.4, 0.5) is 5.69 Å². The van der Waals surface area contributed by atoms with Gasteiger partial charge in [-0.2, -0.15) is 4.68 Å².